The molecule has 6 rings (SSSR count). The van der Waals surface area contributed by atoms with E-state index in [0.29, 0.717) is 80.8 Å². The van der Waals surface area contributed by atoms with Gasteiger partial charge in [0.1, 0.15) is 46.8 Å². The van der Waals surface area contributed by atoms with Gasteiger partial charge in [-0.2, -0.15) is 0 Å². The van der Waals surface area contributed by atoms with Crippen LogP contribution < -0.4 is 26.0 Å². The number of epoxide rings is 1. The predicted octanol–water partition coefficient (Wildman–Crippen LogP) is 5.41. The van der Waals surface area contributed by atoms with Crippen molar-refractivity contribution in [1.29, 1.82) is 0 Å². The van der Waals surface area contributed by atoms with Crippen molar-refractivity contribution >= 4 is 64.8 Å². The van der Waals surface area contributed by atoms with E-state index in [-0.39, 0.29) is 59.5 Å². The van der Waals surface area contributed by atoms with E-state index in [1.54, 1.807) is 45.2 Å². The first kappa shape index (κ1) is 59.7. The molecule has 1 aromatic heterocycles. The maximum atomic E-state index is 14.4. The number of aliphatic carboxylic acids is 1. The molecule has 1 aliphatic carbocycles. The van der Waals surface area contributed by atoms with E-state index < -0.39 is 83.6 Å². The van der Waals surface area contributed by atoms with Crippen molar-refractivity contribution in [2.45, 2.75) is 158 Å². The summed E-state index contributed by atoms with van der Waals surface area (Å²) in [5.74, 6) is -3.25. The SMILES string of the molecule is COc1cc2cc(c1Cl)N(C)C(=O)CC(OC(=O)C(C)N(C)C(=O)CCSc1cc(O)n(CC3CCC(C(=O)NCCCCC(N)C(=O)O)CC3)c1O)C1(C)OC1C(C)C1CC(O)(NC(=O)O1)C(OC)C=CC=C(C)C2. The van der Waals surface area contributed by atoms with Crippen molar-refractivity contribution in [2.24, 2.45) is 23.5 Å². The average Bonchev–Trinajstić information content (AvgIpc) is 4.01. The molecule has 0 radical (unpaired) electrons. The number of nitrogens with two attached hydrogens (primary N) is 1. The molecule has 420 valence electrons. The van der Waals surface area contributed by atoms with Crippen LogP contribution in [0.4, 0.5) is 10.5 Å². The van der Waals surface area contributed by atoms with Crippen LogP contribution in [0.1, 0.15) is 97.5 Å². The Morgan fingerprint density at radius 2 is 1.82 bits per heavy atom. The number of benzene rings is 1. The van der Waals surface area contributed by atoms with Gasteiger partial charge in [0.05, 0.1) is 30.2 Å². The number of aromatic nitrogens is 1. The Bertz CT molecular complexity index is 2520. The van der Waals surface area contributed by atoms with Gasteiger partial charge in [-0.1, -0.05) is 42.3 Å². The number of ether oxygens (including phenoxy) is 5. The van der Waals surface area contributed by atoms with E-state index in [2.05, 4.69) is 10.6 Å². The molecule has 1 aromatic carbocycles. The van der Waals surface area contributed by atoms with Crippen LogP contribution >= 0.6 is 23.4 Å². The topological polar surface area (TPSA) is 294 Å². The summed E-state index contributed by atoms with van der Waals surface area (Å²) in [7, 11) is 5.88. The lowest BCUT2D eigenvalue weighted by Gasteiger charge is -2.42. The summed E-state index contributed by atoms with van der Waals surface area (Å²) in [5.41, 5.74) is 4.36. The molecule has 4 amide bonds. The predicted molar refractivity (Wildman–Crippen MR) is 282 cm³/mol. The zero-order valence-electron chi connectivity index (χ0n) is 44.5. The number of amides is 4. The third kappa shape index (κ3) is 14.3. The van der Waals surface area contributed by atoms with Crippen LogP contribution in [0.2, 0.25) is 5.02 Å². The number of likely N-dealkylation sites (N-methyl/N-ethyl adjacent to an activating group) is 1. The van der Waals surface area contributed by atoms with Gasteiger partial charge in [0, 0.05) is 70.8 Å². The van der Waals surface area contributed by atoms with Crippen LogP contribution in [0.25, 0.3) is 0 Å². The number of anilines is 1. The molecule has 9 atom stereocenters. The van der Waals surface area contributed by atoms with E-state index in [1.807, 2.05) is 13.0 Å². The number of allylic oxidation sites excluding steroid dienone is 3. The number of alkyl carbamates (subject to hydrolysis) is 1. The number of carboxylic acid groups (broad SMARTS) is 1. The molecule has 4 aliphatic rings. The largest absolute Gasteiger partial charge is 0.495 e. The summed E-state index contributed by atoms with van der Waals surface area (Å²) in [6.45, 7) is 7.63. The quantitative estimate of drug-likeness (QED) is 0.0425. The van der Waals surface area contributed by atoms with E-state index in [9.17, 15) is 44.1 Å². The van der Waals surface area contributed by atoms with Crippen LogP contribution in [-0.2, 0) is 55.9 Å². The Kier molecular flexibility index (Phi) is 20.2. The summed E-state index contributed by atoms with van der Waals surface area (Å²) < 4.78 is 30.9. The molecule has 9 unspecified atom stereocenters. The molecule has 23 heteroatoms. The second-order valence-electron chi connectivity index (χ2n) is 20.8. The monoisotopic (exact) mass is 1100 g/mol. The minimum atomic E-state index is -1.88. The second kappa shape index (κ2) is 25.8. The number of carbonyl (C=O) groups is 6. The first-order valence-corrected chi connectivity index (χ1v) is 27.1. The normalized spacial score (nSPS) is 27.7. The Balaban J connectivity index is 1.09. The van der Waals surface area contributed by atoms with E-state index in [1.165, 1.54) is 48.6 Å². The molecule has 8 N–H and O–H groups in total. The van der Waals surface area contributed by atoms with Gasteiger partial charge >= 0.3 is 18.0 Å². The van der Waals surface area contributed by atoms with Gasteiger partial charge in [0.2, 0.25) is 23.6 Å². The molecule has 21 nitrogen and oxygen atoms in total. The Hall–Kier alpha value is -5.52. The van der Waals surface area contributed by atoms with Crippen molar-refractivity contribution in [3.63, 3.8) is 0 Å². The number of hydrogen-bond donors (Lipinski definition) is 7. The van der Waals surface area contributed by atoms with E-state index in [0.717, 1.165) is 22.9 Å². The lowest BCUT2D eigenvalue weighted by molar-refractivity contribution is -0.162. The number of thioether (sulfide) groups is 1. The number of methoxy groups -OCH3 is 2. The molecule has 3 aliphatic heterocycles. The first-order chi connectivity index (χ1) is 35.9. The van der Waals surface area contributed by atoms with Crippen molar-refractivity contribution in [3.05, 3.63) is 52.6 Å². The van der Waals surface area contributed by atoms with Gasteiger partial charge < -0.3 is 65.0 Å². The number of rotatable bonds is 18. The Morgan fingerprint density at radius 1 is 1.11 bits per heavy atom. The molecular formula is C53H75ClN6O15S. The first-order valence-electron chi connectivity index (χ1n) is 25.8. The molecule has 2 saturated heterocycles. The molecule has 76 heavy (non-hydrogen) atoms. The minimum Gasteiger partial charge on any atom is -0.495 e. The smallest absolute Gasteiger partial charge is 0.409 e. The van der Waals surface area contributed by atoms with Gasteiger partial charge in [-0.3, -0.25) is 29.1 Å². The number of carbonyl (C=O) groups excluding carboxylic acids is 5. The number of fused-ring (bicyclic) bond motifs is 5. The summed E-state index contributed by atoms with van der Waals surface area (Å²) >= 11 is 7.99. The molecule has 4 bridgehead atoms. The van der Waals surface area contributed by atoms with Crippen molar-refractivity contribution < 1.29 is 72.9 Å². The summed E-state index contributed by atoms with van der Waals surface area (Å²) in [6, 6.07) is 2.92. The maximum absolute atomic E-state index is 14.4. The van der Waals surface area contributed by atoms with Crippen molar-refractivity contribution in [1.82, 2.24) is 20.1 Å². The van der Waals surface area contributed by atoms with Crippen molar-refractivity contribution in [3.8, 4) is 17.5 Å². The fourth-order valence-corrected chi connectivity index (χ4v) is 11.5. The van der Waals surface area contributed by atoms with Crippen LogP contribution in [0, 0.1) is 17.8 Å². The summed E-state index contributed by atoms with van der Waals surface area (Å²) in [4.78, 5) is 81.9. The number of unbranched alkanes of at least 4 members (excludes halogenated alkanes) is 1. The van der Waals surface area contributed by atoms with Gasteiger partial charge in [-0.05, 0) is 95.8 Å². The minimum absolute atomic E-state index is 0.0437. The van der Waals surface area contributed by atoms with Gasteiger partial charge in [-0.25, -0.2) is 9.59 Å². The highest BCUT2D eigenvalue weighted by Crippen LogP contribution is 2.49. The zero-order valence-corrected chi connectivity index (χ0v) is 46.1. The number of carboxylic acids is 1. The van der Waals surface area contributed by atoms with Gasteiger partial charge in [0.15, 0.2) is 11.6 Å². The van der Waals surface area contributed by atoms with Gasteiger partial charge in [0.25, 0.3) is 0 Å². The third-order valence-corrected chi connectivity index (χ3v) is 16.7. The molecule has 2 aromatic rings. The third-order valence-electron chi connectivity index (χ3n) is 15.3. The fourth-order valence-electron chi connectivity index (χ4n) is 10.3. The highest BCUT2D eigenvalue weighted by atomic mass is 35.5. The Labute approximate surface area is 452 Å². The number of nitrogens with zero attached hydrogens (tertiary/aromatic N) is 3. The van der Waals surface area contributed by atoms with Gasteiger partial charge in [-0.15, -0.1) is 11.8 Å². The highest BCUT2D eigenvalue weighted by Gasteiger charge is 2.64. The van der Waals surface area contributed by atoms with Crippen molar-refractivity contribution in [2.75, 3.05) is 45.5 Å². The summed E-state index contributed by atoms with van der Waals surface area (Å²) in [6.07, 6.45) is 4.58. The Morgan fingerprint density at radius 3 is 2.49 bits per heavy atom. The van der Waals surface area contributed by atoms with Crippen LogP contribution in [0.5, 0.6) is 17.5 Å². The summed E-state index contributed by atoms with van der Waals surface area (Å²) in [5, 5.41) is 48.4. The average molecular weight is 1100 g/mol. The standard InChI is InChI=1S/C53H75ClN6O15S/c1-29-12-11-14-40(72-8)53(70)27-38(73-51(69)57-53)30(2)46-52(4,75-46)41(26-43(62)59(6)36-23-33(22-29)24-37(71-7)45(36)54)74-50(68)31(3)58(5)42(61)19-21-76-39-25-44(63)60(48(39)65)28-32-15-17-34(18-16-32)47(64)56-20-10-9-13-35(55)49(66)67/h11-12,14,23-25,30-32,34-35,38,40-41,46,63,65,70H,9-10,13,15-22,26-28,55H2,1-8H3,(H,56,64)(H,57,69)(H,66,67). The molecule has 1 saturated carbocycles. The number of esters is 1. The number of halogens is 1. The highest BCUT2D eigenvalue weighted by molar-refractivity contribution is 7.99. The number of hydrogen-bond acceptors (Lipinski definition) is 16. The molecule has 4 heterocycles. The number of aromatic hydroxyl groups is 2. The van der Waals surface area contributed by atoms with Crippen LogP contribution in [0.15, 0.2) is 46.9 Å². The van der Waals surface area contributed by atoms with Crippen LogP contribution in [0.3, 0.4) is 0 Å². The number of nitrogens with one attached hydrogen (secondary N) is 2. The number of aliphatic hydroxyl groups is 1. The lowest BCUT2D eigenvalue weighted by Crippen LogP contribution is -2.63. The fraction of sp³-hybridized carbons (Fsp3) is 0.623. The molecule has 3 fully saturated rings. The lowest BCUT2D eigenvalue weighted by atomic mass is 9.81. The maximum Gasteiger partial charge on any atom is 0.409 e. The molecule has 0 spiro atoms. The van der Waals surface area contributed by atoms with E-state index >= 15 is 0 Å². The zero-order chi connectivity index (χ0) is 55.8. The van der Waals surface area contributed by atoms with E-state index in [4.69, 9.17) is 46.1 Å². The molecular weight excluding hydrogens is 1030 g/mol. The van der Waals surface area contributed by atoms with Crippen LogP contribution in [-0.4, -0.2) is 154 Å². The second-order valence-corrected chi connectivity index (χ2v) is 22.3.